The third-order valence-corrected chi connectivity index (χ3v) is 11.0. The van der Waals surface area contributed by atoms with Crippen molar-refractivity contribution in [2.45, 2.75) is 131 Å². The number of alkyl carbamates (subject to hydrolysis) is 1. The molecular formula is C37H60N6O7. The summed E-state index contributed by atoms with van der Waals surface area (Å²) < 4.78 is 5.35. The first kappa shape index (κ1) is 40.6. The van der Waals surface area contributed by atoms with E-state index in [4.69, 9.17) is 11.2 Å². The van der Waals surface area contributed by atoms with Gasteiger partial charge in [0.15, 0.2) is 0 Å². The molecule has 5 N–H and O–H groups in total. The zero-order valence-corrected chi connectivity index (χ0v) is 31.3. The summed E-state index contributed by atoms with van der Waals surface area (Å²) in [5.41, 5.74) is -1.27. The third kappa shape index (κ3) is 9.69. The van der Waals surface area contributed by atoms with Crippen LogP contribution in [0.25, 0.3) is 0 Å². The smallest absolute Gasteiger partial charge is 0.407 e. The van der Waals surface area contributed by atoms with Gasteiger partial charge in [-0.2, -0.15) is 0 Å². The number of amides is 6. The third-order valence-electron chi connectivity index (χ3n) is 11.0. The molecule has 0 aromatic carbocycles. The van der Waals surface area contributed by atoms with Crippen LogP contribution in [-0.4, -0.2) is 90.9 Å². The highest BCUT2D eigenvalue weighted by molar-refractivity contribution is 6.38. The lowest BCUT2D eigenvalue weighted by molar-refractivity contribution is -0.146. The van der Waals surface area contributed by atoms with Crippen molar-refractivity contribution >= 4 is 35.6 Å². The van der Waals surface area contributed by atoms with Crippen LogP contribution in [0.1, 0.15) is 107 Å². The summed E-state index contributed by atoms with van der Waals surface area (Å²) in [5, 5.41) is 13.9. The lowest BCUT2D eigenvalue weighted by Gasteiger charge is -2.43. The van der Waals surface area contributed by atoms with Crippen LogP contribution in [-0.2, 0) is 23.9 Å². The van der Waals surface area contributed by atoms with E-state index in [1.807, 2.05) is 34.6 Å². The number of ketones is 1. The normalized spacial score (nSPS) is 23.5. The van der Waals surface area contributed by atoms with Crippen molar-refractivity contribution in [2.24, 2.45) is 28.1 Å². The summed E-state index contributed by atoms with van der Waals surface area (Å²) in [5.74, 6) is -0.0594. The highest BCUT2D eigenvalue weighted by atomic mass is 16.5. The fourth-order valence-electron chi connectivity index (χ4n) is 7.59. The van der Waals surface area contributed by atoms with Crippen LogP contribution >= 0.6 is 0 Å². The second kappa shape index (κ2) is 16.9. The molecule has 2 saturated carbocycles. The molecule has 3 fully saturated rings. The minimum atomic E-state index is -1.14. The molecule has 3 rings (SSSR count). The first-order valence-electron chi connectivity index (χ1n) is 18.3. The van der Waals surface area contributed by atoms with Crippen molar-refractivity contribution in [1.29, 1.82) is 0 Å². The number of likely N-dealkylation sites (tertiary alicyclic amines) is 1. The summed E-state index contributed by atoms with van der Waals surface area (Å²) in [6, 6.07) is -4.11. The molecule has 1 aliphatic heterocycles. The monoisotopic (exact) mass is 700 g/mol. The van der Waals surface area contributed by atoms with Gasteiger partial charge in [-0.1, -0.05) is 67.7 Å². The number of piperidine rings is 1. The number of nitrogens with one attached hydrogen (secondary N) is 5. The number of terminal acetylenes is 1. The average molecular weight is 701 g/mol. The van der Waals surface area contributed by atoms with Crippen molar-refractivity contribution in [3.05, 3.63) is 0 Å². The van der Waals surface area contributed by atoms with Gasteiger partial charge in [0.25, 0.3) is 5.91 Å². The lowest BCUT2D eigenvalue weighted by atomic mass is 9.70. The first-order valence-corrected chi connectivity index (χ1v) is 18.3. The van der Waals surface area contributed by atoms with Crippen LogP contribution in [0.2, 0.25) is 0 Å². The Balaban J connectivity index is 1.88. The summed E-state index contributed by atoms with van der Waals surface area (Å²) >= 11 is 0. The Morgan fingerprint density at radius 1 is 0.960 bits per heavy atom. The Hall–Kier alpha value is -3.82. The minimum absolute atomic E-state index is 0.0558. The van der Waals surface area contributed by atoms with Gasteiger partial charge in [0.2, 0.25) is 17.6 Å². The summed E-state index contributed by atoms with van der Waals surface area (Å²) in [6.45, 7) is 16.5. The number of carbonyl (C=O) groups is 6. The fourth-order valence-corrected chi connectivity index (χ4v) is 7.59. The predicted molar refractivity (Wildman–Crippen MR) is 189 cm³/mol. The molecule has 1 saturated heterocycles. The Labute approximate surface area is 297 Å². The quantitative estimate of drug-likeness (QED) is 0.129. The zero-order valence-electron chi connectivity index (χ0n) is 31.3. The molecule has 6 atom stereocenters. The second-order valence-electron chi connectivity index (χ2n) is 16.1. The van der Waals surface area contributed by atoms with Gasteiger partial charge < -0.3 is 36.2 Å². The van der Waals surface area contributed by atoms with Crippen molar-refractivity contribution in [1.82, 2.24) is 31.5 Å². The number of hydrogen-bond donors (Lipinski definition) is 5. The van der Waals surface area contributed by atoms with E-state index in [0.29, 0.717) is 38.9 Å². The van der Waals surface area contributed by atoms with E-state index >= 15 is 0 Å². The zero-order chi connectivity index (χ0) is 37.4. The number of ether oxygens (including phenoxy) is 1. The molecular weight excluding hydrogens is 640 g/mol. The molecule has 2 aliphatic carbocycles. The van der Waals surface area contributed by atoms with Crippen LogP contribution in [0.4, 0.5) is 9.59 Å². The molecule has 3 aliphatic rings. The number of rotatable bonds is 15. The van der Waals surface area contributed by atoms with Gasteiger partial charge in [-0.25, -0.2) is 9.59 Å². The molecule has 13 heteroatoms. The van der Waals surface area contributed by atoms with Gasteiger partial charge in [-0.3, -0.25) is 19.2 Å². The SMILES string of the molecule is C#CCCC(NC(=O)C1[C@@H]2[C@H](CN1C(=O)C(NC(=O)N[C@H](COC(=O)NCC)C(C)(C)C)C1(C)CCCCC1)C2(C)C)C(=O)C(=O)NCCC. The number of Topliss-reactive ketones (excluding diaryl/α,β-unsaturated/α-hetero) is 1. The van der Waals surface area contributed by atoms with Gasteiger partial charge in [0.05, 0.1) is 12.1 Å². The molecule has 6 amide bonds. The van der Waals surface area contributed by atoms with Crippen LogP contribution in [0.15, 0.2) is 0 Å². The molecule has 3 unspecified atom stereocenters. The topological polar surface area (TPSA) is 175 Å². The maximum atomic E-state index is 14.7. The molecule has 280 valence electrons. The fraction of sp³-hybridized carbons (Fsp3) is 0.784. The molecule has 0 aromatic heterocycles. The van der Waals surface area contributed by atoms with Crippen LogP contribution in [0, 0.1) is 40.4 Å². The minimum Gasteiger partial charge on any atom is -0.447 e. The van der Waals surface area contributed by atoms with E-state index in [-0.39, 0.29) is 42.6 Å². The van der Waals surface area contributed by atoms with Crippen molar-refractivity contribution in [3.8, 4) is 12.3 Å². The number of urea groups is 1. The Kier molecular flexibility index (Phi) is 13.7. The lowest BCUT2D eigenvalue weighted by Crippen LogP contribution is -2.63. The maximum Gasteiger partial charge on any atom is 0.407 e. The molecule has 0 spiro atoms. The Bertz CT molecular complexity index is 1310. The van der Waals surface area contributed by atoms with Crippen molar-refractivity contribution in [2.75, 3.05) is 26.2 Å². The number of fused-ring (bicyclic) bond motifs is 1. The highest BCUT2D eigenvalue weighted by Gasteiger charge is 2.70. The molecule has 50 heavy (non-hydrogen) atoms. The van der Waals surface area contributed by atoms with Gasteiger partial charge >= 0.3 is 12.1 Å². The first-order chi connectivity index (χ1) is 23.4. The van der Waals surface area contributed by atoms with E-state index in [0.717, 1.165) is 19.3 Å². The van der Waals surface area contributed by atoms with E-state index in [2.05, 4.69) is 46.4 Å². The number of nitrogens with zero attached hydrogens (tertiary/aromatic N) is 1. The largest absolute Gasteiger partial charge is 0.447 e. The van der Waals surface area contributed by atoms with E-state index in [1.165, 1.54) is 0 Å². The maximum absolute atomic E-state index is 14.7. The van der Waals surface area contributed by atoms with Crippen LogP contribution < -0.4 is 26.6 Å². The molecule has 0 bridgehead atoms. The van der Waals surface area contributed by atoms with Gasteiger partial charge in [-0.15, -0.1) is 12.3 Å². The number of carbonyl (C=O) groups excluding carboxylic acids is 6. The summed E-state index contributed by atoms with van der Waals surface area (Å²) in [4.78, 5) is 81.9. The summed E-state index contributed by atoms with van der Waals surface area (Å²) in [6.07, 6.45) is 10.0. The molecule has 0 aromatic rings. The second-order valence-corrected chi connectivity index (χ2v) is 16.1. The van der Waals surface area contributed by atoms with Crippen LogP contribution in [0.5, 0.6) is 0 Å². The molecule has 1 heterocycles. The molecule has 0 radical (unpaired) electrons. The van der Waals surface area contributed by atoms with Gasteiger partial charge in [0, 0.05) is 26.1 Å². The van der Waals surface area contributed by atoms with Crippen molar-refractivity contribution < 1.29 is 33.5 Å². The van der Waals surface area contributed by atoms with E-state index in [9.17, 15) is 28.8 Å². The van der Waals surface area contributed by atoms with Gasteiger partial charge in [-0.05, 0) is 60.7 Å². The van der Waals surface area contributed by atoms with Gasteiger partial charge in [0.1, 0.15) is 18.7 Å². The molecule has 13 nitrogen and oxygen atoms in total. The van der Waals surface area contributed by atoms with Crippen LogP contribution in [0.3, 0.4) is 0 Å². The Morgan fingerprint density at radius 3 is 2.20 bits per heavy atom. The standard InChI is InChI=1S/C37H60N6O7/c1-10-13-17-24(28(44)31(46)39-20-11-2)40-30(45)27-26-23(36(26,7)8)21-43(27)32(47)29(37(9)18-15-14-16-19-37)42-33(48)41-25(35(4,5)6)22-50-34(49)38-12-3/h1,23-27,29H,11-22H2,2-9H3,(H,38,49)(H,39,46)(H,40,45)(H2,41,42,48)/t23-,24?,25+,26-,27?,29?/m0/s1. The van der Waals surface area contributed by atoms with E-state index < -0.39 is 64.7 Å². The van der Waals surface area contributed by atoms with Crippen molar-refractivity contribution in [3.63, 3.8) is 0 Å². The summed E-state index contributed by atoms with van der Waals surface area (Å²) in [7, 11) is 0. The number of hydrogen-bond acceptors (Lipinski definition) is 7. The Morgan fingerprint density at radius 2 is 1.62 bits per heavy atom. The average Bonchev–Trinajstić information content (AvgIpc) is 3.36. The predicted octanol–water partition coefficient (Wildman–Crippen LogP) is 3.26. The van der Waals surface area contributed by atoms with E-state index in [1.54, 1.807) is 11.8 Å². The highest BCUT2D eigenvalue weighted by Crippen LogP contribution is 2.65.